The number of halogens is 1. The first kappa shape index (κ1) is 23.2. The Hall–Kier alpha value is -0.0800. The van der Waals surface area contributed by atoms with E-state index in [1.807, 2.05) is 0 Å². The number of aliphatic imine (C=N–C) groups is 1. The fraction of sp³-hybridized carbons (Fsp3) is 0.933. The third kappa shape index (κ3) is 16.1. The van der Waals surface area contributed by atoms with Crippen molar-refractivity contribution in [1.82, 2.24) is 10.6 Å². The zero-order valence-electron chi connectivity index (χ0n) is 14.1. The predicted octanol–water partition coefficient (Wildman–Crippen LogP) is 2.79. The van der Waals surface area contributed by atoms with Crippen LogP contribution >= 0.6 is 24.0 Å². The molecule has 0 radical (unpaired) electrons. The molecule has 0 aromatic heterocycles. The van der Waals surface area contributed by atoms with E-state index >= 15 is 0 Å². The van der Waals surface area contributed by atoms with Crippen molar-refractivity contribution in [2.45, 2.75) is 52.5 Å². The van der Waals surface area contributed by atoms with Crippen molar-refractivity contribution in [1.29, 1.82) is 0 Å². The number of guanidine groups is 1. The number of hydrogen-bond acceptors (Lipinski definition) is 3. The Labute approximate surface area is 147 Å². The fourth-order valence-corrected chi connectivity index (χ4v) is 1.79. The van der Waals surface area contributed by atoms with Crippen LogP contribution in [0.1, 0.15) is 46.5 Å². The first-order chi connectivity index (χ1) is 9.74. The summed E-state index contributed by atoms with van der Waals surface area (Å²) in [6.45, 7) is 9.95. The van der Waals surface area contributed by atoms with E-state index in [1.54, 1.807) is 7.11 Å². The Bertz CT molecular complexity index is 241. The summed E-state index contributed by atoms with van der Waals surface area (Å²) >= 11 is 0. The lowest BCUT2D eigenvalue weighted by molar-refractivity contribution is 0.0748. The van der Waals surface area contributed by atoms with Gasteiger partial charge in [0.1, 0.15) is 0 Å². The summed E-state index contributed by atoms with van der Waals surface area (Å²) in [7, 11) is 1.68. The average Bonchev–Trinajstić information content (AvgIpc) is 2.43. The maximum absolute atomic E-state index is 5.40. The van der Waals surface area contributed by atoms with Crippen LogP contribution in [0.3, 0.4) is 0 Å². The van der Waals surface area contributed by atoms with Crippen LogP contribution in [0.4, 0.5) is 0 Å². The van der Waals surface area contributed by atoms with Gasteiger partial charge in [-0.2, -0.15) is 0 Å². The second kappa shape index (κ2) is 18.0. The van der Waals surface area contributed by atoms with Crippen LogP contribution in [-0.4, -0.2) is 52.0 Å². The largest absolute Gasteiger partial charge is 0.382 e. The molecule has 0 aliphatic carbocycles. The summed E-state index contributed by atoms with van der Waals surface area (Å²) in [6.07, 6.45) is 5.01. The molecule has 0 aliphatic rings. The van der Waals surface area contributed by atoms with Crippen LogP contribution < -0.4 is 10.6 Å². The SMILES string of the molecule is CCCCCC(C)NC(=NCCOCCOC)NCC.I. The van der Waals surface area contributed by atoms with Gasteiger partial charge in [0.15, 0.2) is 5.96 Å². The lowest BCUT2D eigenvalue weighted by Crippen LogP contribution is -2.42. The summed E-state index contributed by atoms with van der Waals surface area (Å²) in [4.78, 5) is 4.51. The molecule has 0 aromatic rings. The lowest BCUT2D eigenvalue weighted by atomic mass is 10.1. The normalized spacial score (nSPS) is 12.7. The van der Waals surface area contributed by atoms with Crippen molar-refractivity contribution in [3.8, 4) is 0 Å². The molecule has 0 rings (SSSR count). The number of nitrogens with one attached hydrogen (secondary N) is 2. The molecule has 1 unspecified atom stereocenters. The molecular formula is C15H34IN3O2. The van der Waals surface area contributed by atoms with Gasteiger partial charge in [-0.15, -0.1) is 24.0 Å². The van der Waals surface area contributed by atoms with Crippen molar-refractivity contribution in [2.24, 2.45) is 4.99 Å². The molecule has 0 heterocycles. The van der Waals surface area contributed by atoms with Crippen LogP contribution in [0.5, 0.6) is 0 Å². The van der Waals surface area contributed by atoms with Crippen molar-refractivity contribution in [3.05, 3.63) is 0 Å². The molecule has 0 bridgehead atoms. The summed E-state index contributed by atoms with van der Waals surface area (Å²) < 4.78 is 10.3. The first-order valence-electron chi connectivity index (χ1n) is 7.86. The third-order valence-electron chi connectivity index (χ3n) is 2.91. The van der Waals surface area contributed by atoms with Gasteiger partial charge in [0.25, 0.3) is 0 Å². The second-order valence-electron chi connectivity index (χ2n) is 4.91. The maximum Gasteiger partial charge on any atom is 0.191 e. The zero-order valence-corrected chi connectivity index (χ0v) is 16.4. The summed E-state index contributed by atoms with van der Waals surface area (Å²) in [5.74, 6) is 0.881. The molecule has 128 valence electrons. The topological polar surface area (TPSA) is 54.9 Å². The molecule has 0 saturated carbocycles. The summed E-state index contributed by atoms with van der Waals surface area (Å²) in [5.41, 5.74) is 0. The smallest absolute Gasteiger partial charge is 0.191 e. The van der Waals surface area contributed by atoms with Crippen molar-refractivity contribution in [3.63, 3.8) is 0 Å². The van der Waals surface area contributed by atoms with Crippen molar-refractivity contribution >= 4 is 29.9 Å². The zero-order chi connectivity index (χ0) is 15.1. The molecule has 0 fully saturated rings. The Morgan fingerprint density at radius 2 is 1.90 bits per heavy atom. The molecular weight excluding hydrogens is 381 g/mol. The van der Waals surface area contributed by atoms with E-state index in [9.17, 15) is 0 Å². The van der Waals surface area contributed by atoms with Gasteiger partial charge in [0.2, 0.25) is 0 Å². The Morgan fingerprint density at radius 1 is 1.14 bits per heavy atom. The first-order valence-corrected chi connectivity index (χ1v) is 7.86. The van der Waals surface area contributed by atoms with E-state index in [-0.39, 0.29) is 24.0 Å². The van der Waals surface area contributed by atoms with Crippen LogP contribution in [0.15, 0.2) is 4.99 Å². The van der Waals surface area contributed by atoms with Gasteiger partial charge in [-0.05, 0) is 20.3 Å². The van der Waals surface area contributed by atoms with E-state index in [1.165, 1.54) is 25.7 Å². The van der Waals surface area contributed by atoms with E-state index in [0.29, 0.717) is 32.4 Å². The van der Waals surface area contributed by atoms with Gasteiger partial charge in [0.05, 0.1) is 26.4 Å². The standard InChI is InChI=1S/C15H33N3O2.HI/c1-5-7-8-9-14(3)18-15(16-6-2)17-10-11-20-13-12-19-4;/h14H,5-13H2,1-4H3,(H2,16,17,18);1H. The van der Waals surface area contributed by atoms with Gasteiger partial charge in [-0.1, -0.05) is 26.2 Å². The molecule has 0 amide bonds. The average molecular weight is 415 g/mol. The molecule has 0 saturated heterocycles. The number of nitrogens with zero attached hydrogens (tertiary/aromatic N) is 1. The Balaban J connectivity index is 0. The lowest BCUT2D eigenvalue weighted by Gasteiger charge is -2.17. The van der Waals surface area contributed by atoms with Gasteiger partial charge >= 0.3 is 0 Å². The molecule has 5 nitrogen and oxygen atoms in total. The number of hydrogen-bond donors (Lipinski definition) is 2. The highest BCUT2D eigenvalue weighted by Crippen LogP contribution is 2.02. The minimum absolute atomic E-state index is 0. The van der Waals surface area contributed by atoms with Gasteiger partial charge < -0.3 is 20.1 Å². The van der Waals surface area contributed by atoms with E-state index in [2.05, 4.69) is 36.4 Å². The second-order valence-corrected chi connectivity index (χ2v) is 4.91. The van der Waals surface area contributed by atoms with Crippen LogP contribution in [-0.2, 0) is 9.47 Å². The molecule has 1 atom stereocenters. The minimum atomic E-state index is 0. The summed E-state index contributed by atoms with van der Waals surface area (Å²) in [6, 6.07) is 0.453. The Kier molecular flexibility index (Phi) is 19.8. The summed E-state index contributed by atoms with van der Waals surface area (Å²) in [5, 5.41) is 6.70. The number of methoxy groups -OCH3 is 1. The highest BCUT2D eigenvalue weighted by atomic mass is 127. The van der Waals surface area contributed by atoms with Gasteiger partial charge in [-0.25, -0.2) is 0 Å². The van der Waals surface area contributed by atoms with Crippen molar-refractivity contribution < 1.29 is 9.47 Å². The quantitative estimate of drug-likeness (QED) is 0.223. The van der Waals surface area contributed by atoms with Gasteiger partial charge in [0, 0.05) is 19.7 Å². The van der Waals surface area contributed by atoms with Crippen molar-refractivity contribution in [2.75, 3.05) is 40.0 Å². The number of rotatable bonds is 12. The van der Waals surface area contributed by atoms with Gasteiger partial charge in [-0.3, -0.25) is 4.99 Å². The third-order valence-corrected chi connectivity index (χ3v) is 2.91. The monoisotopic (exact) mass is 415 g/mol. The highest BCUT2D eigenvalue weighted by molar-refractivity contribution is 14.0. The molecule has 6 heteroatoms. The highest BCUT2D eigenvalue weighted by Gasteiger charge is 2.04. The maximum atomic E-state index is 5.40. The molecule has 0 aliphatic heterocycles. The van der Waals surface area contributed by atoms with Crippen LogP contribution in [0.25, 0.3) is 0 Å². The predicted molar refractivity (Wildman–Crippen MR) is 101 cm³/mol. The molecule has 21 heavy (non-hydrogen) atoms. The van der Waals surface area contributed by atoms with Crippen LogP contribution in [0.2, 0.25) is 0 Å². The fourth-order valence-electron chi connectivity index (χ4n) is 1.79. The number of unbranched alkanes of at least 4 members (excludes halogenated alkanes) is 2. The molecule has 0 aromatic carbocycles. The van der Waals surface area contributed by atoms with E-state index in [0.717, 1.165) is 12.5 Å². The Morgan fingerprint density at radius 3 is 2.52 bits per heavy atom. The van der Waals surface area contributed by atoms with E-state index < -0.39 is 0 Å². The number of ether oxygens (including phenoxy) is 2. The minimum Gasteiger partial charge on any atom is -0.382 e. The molecule has 2 N–H and O–H groups in total. The van der Waals surface area contributed by atoms with Crippen LogP contribution in [0, 0.1) is 0 Å². The van der Waals surface area contributed by atoms with E-state index in [4.69, 9.17) is 9.47 Å². The molecule has 0 spiro atoms.